The van der Waals surface area contributed by atoms with Crippen LogP contribution in [0.25, 0.3) is 5.65 Å². The minimum atomic E-state index is 0. The van der Waals surface area contributed by atoms with Crippen LogP contribution in [0.3, 0.4) is 0 Å². The van der Waals surface area contributed by atoms with Crippen molar-refractivity contribution in [2.75, 3.05) is 45.9 Å². The van der Waals surface area contributed by atoms with Crippen LogP contribution in [0, 0.1) is 6.92 Å². The van der Waals surface area contributed by atoms with Crippen molar-refractivity contribution in [2.24, 2.45) is 4.99 Å². The maximum atomic E-state index is 5.56. The van der Waals surface area contributed by atoms with Gasteiger partial charge in [-0.05, 0) is 38.1 Å². The van der Waals surface area contributed by atoms with E-state index in [2.05, 4.69) is 51.7 Å². The zero-order chi connectivity index (χ0) is 21.5. The molecular weight excluding hydrogens is 537 g/mol. The Bertz CT molecular complexity index is 999. The van der Waals surface area contributed by atoms with Crippen molar-refractivity contribution in [2.45, 2.75) is 26.3 Å². The smallest absolute Gasteiger partial charge is 0.191 e. The summed E-state index contributed by atoms with van der Waals surface area (Å²) in [4.78, 5) is 10.1. The predicted molar refractivity (Wildman–Crippen MR) is 140 cm³/mol. The molecule has 3 aromatic heterocycles. The molecule has 1 atom stereocenters. The number of morpholine rings is 1. The highest BCUT2D eigenvalue weighted by molar-refractivity contribution is 14.0. The molecule has 2 N–H and O–H groups in total. The molecule has 0 radical (unpaired) electrons. The summed E-state index contributed by atoms with van der Waals surface area (Å²) in [6, 6.07) is 10.7. The standard InChI is InChI=1S/C22H31N7OS.HI/c1-3-23-22(24-10-9-21-27-26-20-6-4-5-11-29(20)21)25-16-18(19-8-7-17(2)31-19)28-12-14-30-15-13-28;/h4-8,11,18H,3,9-10,12-16H2,1-2H3,(H2,23,24,25);1H. The highest BCUT2D eigenvalue weighted by Crippen LogP contribution is 2.28. The van der Waals surface area contributed by atoms with Crippen LogP contribution in [-0.2, 0) is 11.2 Å². The van der Waals surface area contributed by atoms with Gasteiger partial charge < -0.3 is 15.4 Å². The number of rotatable bonds is 8. The van der Waals surface area contributed by atoms with Gasteiger partial charge in [0.1, 0.15) is 5.82 Å². The van der Waals surface area contributed by atoms with Crippen LogP contribution in [0.2, 0.25) is 0 Å². The fourth-order valence-electron chi connectivity index (χ4n) is 3.78. The van der Waals surface area contributed by atoms with Crippen LogP contribution < -0.4 is 10.6 Å². The number of ether oxygens (including phenoxy) is 1. The maximum Gasteiger partial charge on any atom is 0.191 e. The predicted octanol–water partition coefficient (Wildman–Crippen LogP) is 2.89. The molecule has 174 valence electrons. The zero-order valence-electron chi connectivity index (χ0n) is 18.7. The molecule has 1 aliphatic rings. The Labute approximate surface area is 210 Å². The Morgan fingerprint density at radius 2 is 2.03 bits per heavy atom. The second kappa shape index (κ2) is 12.5. The maximum absolute atomic E-state index is 5.56. The van der Waals surface area contributed by atoms with E-state index in [9.17, 15) is 0 Å². The van der Waals surface area contributed by atoms with Crippen molar-refractivity contribution in [3.63, 3.8) is 0 Å². The number of aromatic nitrogens is 3. The number of guanidine groups is 1. The van der Waals surface area contributed by atoms with Crippen molar-refractivity contribution in [1.29, 1.82) is 0 Å². The van der Waals surface area contributed by atoms with E-state index in [4.69, 9.17) is 9.73 Å². The Morgan fingerprint density at radius 1 is 1.19 bits per heavy atom. The lowest BCUT2D eigenvalue weighted by Gasteiger charge is -2.33. The molecule has 0 saturated carbocycles. The van der Waals surface area contributed by atoms with Crippen LogP contribution in [0.4, 0.5) is 0 Å². The number of aliphatic imine (C=N–C) groups is 1. The van der Waals surface area contributed by atoms with Gasteiger partial charge in [0.05, 0.1) is 25.8 Å². The lowest BCUT2D eigenvalue weighted by Crippen LogP contribution is -2.42. The number of nitrogens with one attached hydrogen (secondary N) is 2. The number of pyridine rings is 1. The van der Waals surface area contributed by atoms with Crippen LogP contribution in [-0.4, -0.2) is 71.4 Å². The van der Waals surface area contributed by atoms with E-state index >= 15 is 0 Å². The summed E-state index contributed by atoms with van der Waals surface area (Å²) in [7, 11) is 0. The van der Waals surface area contributed by atoms with Gasteiger partial charge in [0, 0.05) is 48.6 Å². The van der Waals surface area contributed by atoms with Gasteiger partial charge in [-0.2, -0.15) is 0 Å². The molecule has 0 bridgehead atoms. The summed E-state index contributed by atoms with van der Waals surface area (Å²) >= 11 is 1.86. The van der Waals surface area contributed by atoms with Gasteiger partial charge in [0.2, 0.25) is 0 Å². The molecule has 1 unspecified atom stereocenters. The van der Waals surface area contributed by atoms with Crippen molar-refractivity contribution in [3.05, 3.63) is 52.1 Å². The first-order chi connectivity index (χ1) is 15.2. The van der Waals surface area contributed by atoms with Gasteiger partial charge in [0.25, 0.3) is 0 Å². The third-order valence-corrected chi connectivity index (χ3v) is 6.47. The first-order valence-corrected chi connectivity index (χ1v) is 11.7. The van der Waals surface area contributed by atoms with Gasteiger partial charge in [-0.15, -0.1) is 45.5 Å². The average Bonchev–Trinajstić information content (AvgIpc) is 3.41. The van der Waals surface area contributed by atoms with E-state index in [1.54, 1.807) is 0 Å². The zero-order valence-corrected chi connectivity index (χ0v) is 21.8. The summed E-state index contributed by atoms with van der Waals surface area (Å²) in [6.07, 6.45) is 2.77. The number of hydrogen-bond acceptors (Lipinski definition) is 6. The number of nitrogens with zero attached hydrogens (tertiary/aromatic N) is 5. The molecule has 1 fully saturated rings. The fraction of sp³-hybridized carbons (Fsp3) is 0.500. The Balaban J connectivity index is 0.00000289. The number of thiophene rings is 1. The second-order valence-corrected chi connectivity index (χ2v) is 8.87. The molecule has 1 saturated heterocycles. The molecule has 10 heteroatoms. The van der Waals surface area contributed by atoms with Gasteiger partial charge in [0.15, 0.2) is 11.6 Å². The topological polar surface area (TPSA) is 79.1 Å². The van der Waals surface area contributed by atoms with E-state index in [1.165, 1.54) is 9.75 Å². The van der Waals surface area contributed by atoms with Gasteiger partial charge in [-0.3, -0.25) is 14.3 Å². The molecule has 0 aliphatic carbocycles. The van der Waals surface area contributed by atoms with E-state index in [1.807, 2.05) is 40.1 Å². The second-order valence-electron chi connectivity index (χ2n) is 7.55. The highest BCUT2D eigenvalue weighted by atomic mass is 127. The van der Waals surface area contributed by atoms with E-state index in [0.29, 0.717) is 6.54 Å². The Kier molecular flexibility index (Phi) is 9.69. The van der Waals surface area contributed by atoms with Gasteiger partial charge in [-0.25, -0.2) is 0 Å². The van der Waals surface area contributed by atoms with Crippen molar-refractivity contribution in [1.82, 2.24) is 30.1 Å². The lowest BCUT2D eigenvalue weighted by molar-refractivity contribution is 0.0186. The summed E-state index contributed by atoms with van der Waals surface area (Å²) in [5, 5.41) is 15.4. The molecule has 0 aromatic carbocycles. The number of hydrogen-bond donors (Lipinski definition) is 2. The number of fused-ring (bicyclic) bond motifs is 1. The Hall–Kier alpha value is -1.76. The minimum Gasteiger partial charge on any atom is -0.379 e. The van der Waals surface area contributed by atoms with Gasteiger partial charge in [-0.1, -0.05) is 6.07 Å². The lowest BCUT2D eigenvalue weighted by atomic mass is 10.2. The van der Waals surface area contributed by atoms with E-state index < -0.39 is 0 Å². The van der Waals surface area contributed by atoms with E-state index in [0.717, 1.165) is 63.2 Å². The summed E-state index contributed by atoms with van der Waals surface area (Å²) in [5.74, 6) is 1.78. The molecule has 1 aliphatic heterocycles. The van der Waals surface area contributed by atoms with Crippen LogP contribution in [0.15, 0.2) is 41.5 Å². The monoisotopic (exact) mass is 569 g/mol. The van der Waals surface area contributed by atoms with Crippen molar-refractivity contribution in [3.8, 4) is 0 Å². The van der Waals surface area contributed by atoms with Crippen molar-refractivity contribution < 1.29 is 4.74 Å². The van der Waals surface area contributed by atoms with Crippen LogP contribution in [0.1, 0.15) is 28.5 Å². The SMILES string of the molecule is CCNC(=NCC(c1ccc(C)s1)N1CCOCC1)NCCc1nnc2ccccn12.I. The summed E-state index contributed by atoms with van der Waals surface area (Å²) in [6.45, 7) is 9.98. The molecule has 4 rings (SSSR count). The molecule has 0 amide bonds. The van der Waals surface area contributed by atoms with Crippen LogP contribution >= 0.6 is 35.3 Å². The third kappa shape index (κ3) is 6.40. The molecular formula is C22H32IN7OS. The molecule has 32 heavy (non-hydrogen) atoms. The average molecular weight is 570 g/mol. The van der Waals surface area contributed by atoms with Crippen LogP contribution in [0.5, 0.6) is 0 Å². The quantitative estimate of drug-likeness (QED) is 0.247. The fourth-order valence-corrected chi connectivity index (χ4v) is 4.78. The Morgan fingerprint density at radius 3 is 2.78 bits per heavy atom. The summed E-state index contributed by atoms with van der Waals surface area (Å²) in [5.41, 5.74) is 0.873. The largest absolute Gasteiger partial charge is 0.379 e. The molecule has 4 heterocycles. The first kappa shape index (κ1) is 24.9. The van der Waals surface area contributed by atoms with Gasteiger partial charge >= 0.3 is 0 Å². The molecule has 8 nitrogen and oxygen atoms in total. The molecule has 3 aromatic rings. The first-order valence-electron chi connectivity index (χ1n) is 10.9. The van der Waals surface area contributed by atoms with E-state index in [-0.39, 0.29) is 30.0 Å². The normalized spacial score (nSPS) is 16.0. The third-order valence-electron chi connectivity index (χ3n) is 5.37. The highest BCUT2D eigenvalue weighted by Gasteiger charge is 2.23. The summed E-state index contributed by atoms with van der Waals surface area (Å²) < 4.78 is 7.59. The minimum absolute atomic E-state index is 0. The molecule has 0 spiro atoms. The number of aryl methyl sites for hydroxylation is 1. The van der Waals surface area contributed by atoms with Crippen molar-refractivity contribution >= 4 is 46.9 Å². The number of halogens is 1.